The Morgan fingerprint density at radius 1 is 1.23 bits per heavy atom. The molecule has 0 saturated heterocycles. The lowest BCUT2D eigenvalue weighted by molar-refractivity contribution is -0.128. The first-order valence-electron chi connectivity index (χ1n) is 10.7. The third-order valence-corrected chi connectivity index (χ3v) is 6.49. The van der Waals surface area contributed by atoms with E-state index in [1.165, 1.54) is 43.9 Å². The lowest BCUT2D eigenvalue weighted by atomic mass is 10.0. The van der Waals surface area contributed by atoms with Crippen molar-refractivity contribution in [2.45, 2.75) is 57.1 Å². The van der Waals surface area contributed by atoms with Crippen molar-refractivity contribution in [1.82, 2.24) is 20.1 Å². The number of aromatic nitrogens is 3. The van der Waals surface area contributed by atoms with Crippen molar-refractivity contribution in [3.05, 3.63) is 29.6 Å². The van der Waals surface area contributed by atoms with Crippen molar-refractivity contribution in [3.8, 4) is 11.5 Å². The molecule has 1 N–H and O–H groups in total. The predicted octanol–water partition coefficient (Wildman–Crippen LogP) is 4.09. The van der Waals surface area contributed by atoms with Gasteiger partial charge in [-0.3, -0.25) is 9.89 Å². The van der Waals surface area contributed by atoms with E-state index in [1.54, 1.807) is 14.2 Å². The summed E-state index contributed by atoms with van der Waals surface area (Å²) in [7, 11) is 3.22. The highest BCUT2D eigenvalue weighted by Gasteiger charge is 2.17. The number of rotatable bonds is 11. The number of benzene rings is 1. The molecule has 0 aliphatic heterocycles. The lowest BCUT2D eigenvalue weighted by Crippen LogP contribution is -2.31. The maximum absolute atomic E-state index is 12.7. The van der Waals surface area contributed by atoms with Gasteiger partial charge in [-0.1, -0.05) is 43.5 Å². The predicted molar refractivity (Wildman–Crippen MR) is 118 cm³/mol. The van der Waals surface area contributed by atoms with Crippen LogP contribution in [0, 0.1) is 5.92 Å². The fourth-order valence-corrected chi connectivity index (χ4v) is 4.61. The average molecular weight is 433 g/mol. The van der Waals surface area contributed by atoms with Crippen molar-refractivity contribution in [2.24, 2.45) is 5.92 Å². The number of hydrogen-bond acceptors (Lipinski definition) is 6. The molecule has 0 radical (unpaired) electrons. The summed E-state index contributed by atoms with van der Waals surface area (Å²) < 4.78 is 10.6. The average Bonchev–Trinajstić information content (AvgIpc) is 3.46. The van der Waals surface area contributed by atoms with Gasteiger partial charge in [0.05, 0.1) is 20.0 Å². The zero-order valence-corrected chi connectivity index (χ0v) is 19.0. The summed E-state index contributed by atoms with van der Waals surface area (Å²) in [6.07, 6.45) is 7.52. The van der Waals surface area contributed by atoms with E-state index < -0.39 is 0 Å². The Labute approximate surface area is 182 Å². The Balaban J connectivity index is 1.49. The quantitative estimate of drug-likeness (QED) is 0.539. The second kappa shape index (κ2) is 11.2. The zero-order valence-electron chi connectivity index (χ0n) is 18.1. The van der Waals surface area contributed by atoms with Gasteiger partial charge in [-0.25, -0.2) is 4.98 Å². The molecule has 164 valence electrons. The molecule has 8 heteroatoms. The van der Waals surface area contributed by atoms with Gasteiger partial charge in [0.15, 0.2) is 11.5 Å². The first kappa shape index (κ1) is 22.5. The number of aromatic amines is 1. The molecule has 1 aliphatic rings. The number of carbonyl (C=O) groups excluding carboxylic acids is 1. The monoisotopic (exact) mass is 432 g/mol. The third-order valence-electron chi connectivity index (χ3n) is 5.66. The number of thioether (sulfide) groups is 1. The van der Waals surface area contributed by atoms with Crippen LogP contribution in [0.2, 0.25) is 0 Å². The van der Waals surface area contributed by atoms with E-state index in [1.807, 2.05) is 30.0 Å². The molecule has 0 unspecified atom stereocenters. The minimum atomic E-state index is 0.0644. The number of ether oxygens (including phenoxy) is 2. The Morgan fingerprint density at radius 2 is 2.00 bits per heavy atom. The summed E-state index contributed by atoms with van der Waals surface area (Å²) in [4.78, 5) is 19.1. The highest BCUT2D eigenvalue weighted by atomic mass is 32.2. The molecule has 1 aromatic heterocycles. The van der Waals surface area contributed by atoms with Gasteiger partial charge >= 0.3 is 0 Å². The van der Waals surface area contributed by atoms with Crippen LogP contribution in [0.1, 0.15) is 50.4 Å². The normalized spacial score (nSPS) is 14.1. The second-order valence-corrected chi connectivity index (χ2v) is 8.58. The summed E-state index contributed by atoms with van der Waals surface area (Å²) in [5.41, 5.74) is 1.000. The highest BCUT2D eigenvalue weighted by molar-refractivity contribution is 7.99. The molecule has 1 saturated carbocycles. The van der Waals surface area contributed by atoms with Crippen LogP contribution in [0.5, 0.6) is 11.5 Å². The maximum atomic E-state index is 12.7. The molecule has 30 heavy (non-hydrogen) atoms. The Hall–Kier alpha value is -2.22. The first-order valence-corrected chi connectivity index (χ1v) is 11.6. The van der Waals surface area contributed by atoms with Crippen molar-refractivity contribution < 1.29 is 14.3 Å². The van der Waals surface area contributed by atoms with Crippen LogP contribution < -0.4 is 9.47 Å². The van der Waals surface area contributed by atoms with Gasteiger partial charge in [0.25, 0.3) is 0 Å². The summed E-state index contributed by atoms with van der Waals surface area (Å²) in [6.45, 7) is 3.14. The summed E-state index contributed by atoms with van der Waals surface area (Å²) in [5, 5.41) is 7.94. The van der Waals surface area contributed by atoms with Crippen LogP contribution in [-0.4, -0.2) is 52.5 Å². The van der Waals surface area contributed by atoms with Gasteiger partial charge in [0.1, 0.15) is 5.82 Å². The van der Waals surface area contributed by atoms with E-state index in [2.05, 4.69) is 15.2 Å². The van der Waals surface area contributed by atoms with Crippen LogP contribution in [0.3, 0.4) is 0 Å². The summed E-state index contributed by atoms with van der Waals surface area (Å²) in [6, 6.07) is 5.73. The number of H-pyrrole nitrogens is 1. The number of aryl methyl sites for hydroxylation is 1. The van der Waals surface area contributed by atoms with Gasteiger partial charge in [-0.2, -0.15) is 0 Å². The number of hydrogen-bond donors (Lipinski definition) is 1. The van der Waals surface area contributed by atoms with Gasteiger partial charge in [-0.15, -0.1) is 5.10 Å². The molecule has 1 aliphatic carbocycles. The molecule has 1 fully saturated rings. The summed E-state index contributed by atoms with van der Waals surface area (Å²) >= 11 is 1.39. The molecule has 1 amide bonds. The van der Waals surface area contributed by atoms with Crippen LogP contribution in [0.25, 0.3) is 0 Å². The molecular formula is C22H32N4O3S. The largest absolute Gasteiger partial charge is 0.493 e. The smallest absolute Gasteiger partial charge is 0.233 e. The number of nitrogens with one attached hydrogen (secondary N) is 1. The van der Waals surface area contributed by atoms with E-state index in [9.17, 15) is 4.79 Å². The van der Waals surface area contributed by atoms with E-state index in [0.717, 1.165) is 23.7 Å². The summed E-state index contributed by atoms with van der Waals surface area (Å²) in [5.74, 6) is 3.49. The van der Waals surface area contributed by atoms with Gasteiger partial charge in [0.2, 0.25) is 11.1 Å². The van der Waals surface area contributed by atoms with Crippen LogP contribution in [0.4, 0.5) is 0 Å². The van der Waals surface area contributed by atoms with E-state index in [-0.39, 0.29) is 5.91 Å². The SMILES string of the molecule is CCN(Cc1ccc(OC)c(OC)c1)C(=O)CSc1n[nH]c(CCC2CCCC2)n1. The molecule has 0 bridgehead atoms. The number of amides is 1. The van der Waals surface area contributed by atoms with Gasteiger partial charge < -0.3 is 14.4 Å². The highest BCUT2D eigenvalue weighted by Crippen LogP contribution is 2.29. The number of carbonyl (C=O) groups is 1. The van der Waals surface area contributed by atoms with Gasteiger partial charge in [-0.05, 0) is 37.0 Å². The van der Waals surface area contributed by atoms with Crippen LogP contribution >= 0.6 is 11.8 Å². The topological polar surface area (TPSA) is 80.3 Å². The van der Waals surface area contributed by atoms with Gasteiger partial charge in [0, 0.05) is 19.5 Å². The van der Waals surface area contributed by atoms with E-state index >= 15 is 0 Å². The third kappa shape index (κ3) is 6.14. The molecule has 0 spiro atoms. The number of methoxy groups -OCH3 is 2. The fraction of sp³-hybridized carbons (Fsp3) is 0.591. The molecule has 0 atom stereocenters. The Kier molecular flexibility index (Phi) is 8.42. The number of nitrogens with zero attached hydrogens (tertiary/aromatic N) is 3. The van der Waals surface area contributed by atoms with E-state index in [4.69, 9.17) is 9.47 Å². The fourth-order valence-electron chi connectivity index (χ4n) is 3.89. The zero-order chi connectivity index (χ0) is 21.3. The minimum absolute atomic E-state index is 0.0644. The van der Waals surface area contributed by atoms with Crippen LogP contribution in [0.15, 0.2) is 23.4 Å². The molecule has 1 heterocycles. The standard InChI is InChI=1S/C22H32N4O3S/c1-4-26(14-17-9-11-18(28-2)19(13-17)29-3)21(27)15-30-22-23-20(24-25-22)12-10-16-7-5-6-8-16/h9,11,13,16H,4-8,10,12,14-15H2,1-3H3,(H,23,24,25). The Bertz CT molecular complexity index is 820. The molecule has 7 nitrogen and oxygen atoms in total. The second-order valence-electron chi connectivity index (χ2n) is 7.64. The van der Waals surface area contributed by atoms with Crippen molar-refractivity contribution in [3.63, 3.8) is 0 Å². The first-order chi connectivity index (χ1) is 14.6. The Morgan fingerprint density at radius 3 is 2.70 bits per heavy atom. The maximum Gasteiger partial charge on any atom is 0.233 e. The van der Waals surface area contributed by atoms with Crippen molar-refractivity contribution in [2.75, 3.05) is 26.5 Å². The van der Waals surface area contributed by atoms with Crippen molar-refractivity contribution >= 4 is 17.7 Å². The molecule has 2 aromatic rings. The van der Waals surface area contributed by atoms with Crippen LogP contribution in [-0.2, 0) is 17.8 Å². The molecule has 3 rings (SSSR count). The lowest BCUT2D eigenvalue weighted by Gasteiger charge is -2.21. The molecule has 1 aromatic carbocycles. The minimum Gasteiger partial charge on any atom is -0.493 e. The van der Waals surface area contributed by atoms with Crippen molar-refractivity contribution in [1.29, 1.82) is 0 Å². The van der Waals surface area contributed by atoms with E-state index in [0.29, 0.717) is 35.5 Å². The molecular weight excluding hydrogens is 400 g/mol.